The zero-order chi connectivity index (χ0) is 31.0. The van der Waals surface area contributed by atoms with Gasteiger partial charge in [0.05, 0.1) is 26.9 Å². The van der Waals surface area contributed by atoms with Gasteiger partial charge in [-0.3, -0.25) is 14.3 Å². The van der Waals surface area contributed by atoms with Crippen LogP contribution in [-0.2, 0) is 14.8 Å². The molecule has 14 heteroatoms. The summed E-state index contributed by atoms with van der Waals surface area (Å²) >= 11 is 0. The molecule has 0 saturated heterocycles. The normalized spacial score (nSPS) is 14.0. The summed E-state index contributed by atoms with van der Waals surface area (Å²) in [5, 5.41) is 17.1. The van der Waals surface area contributed by atoms with Gasteiger partial charge in [0.25, 0.3) is 0 Å². The number of aliphatic hydroxyl groups excluding tert-OH is 1. The number of aliphatic imine (C=N–C) groups is 2. The molecule has 0 aliphatic rings. The first-order chi connectivity index (χ1) is 19.9. The number of allylic oxidation sites excluding steroid dienone is 1. The van der Waals surface area contributed by atoms with Crippen LogP contribution in [0.4, 0.5) is 5.95 Å². The lowest BCUT2D eigenvalue weighted by atomic mass is 10.2. The van der Waals surface area contributed by atoms with Crippen molar-refractivity contribution in [3.8, 4) is 28.6 Å². The van der Waals surface area contributed by atoms with E-state index in [1.807, 2.05) is 26.8 Å². The predicted octanol–water partition coefficient (Wildman–Crippen LogP) is 3.57. The molecule has 0 saturated carbocycles. The summed E-state index contributed by atoms with van der Waals surface area (Å²) in [6.45, 7) is 11.9. The molecule has 2 aromatic heterocycles. The number of methoxy groups -OCH3 is 2. The van der Waals surface area contributed by atoms with E-state index < -0.39 is 27.5 Å². The highest BCUT2D eigenvalue weighted by atomic mass is 32.2. The van der Waals surface area contributed by atoms with Gasteiger partial charge >= 0.3 is 0 Å². The number of aryl methyl sites for hydroxylation is 1. The topological polar surface area (TPSA) is 162 Å². The summed E-state index contributed by atoms with van der Waals surface area (Å²) in [5.74, 6) is 0.961. The van der Waals surface area contributed by atoms with Crippen LogP contribution in [0.5, 0.6) is 11.5 Å². The van der Waals surface area contributed by atoms with E-state index in [0.29, 0.717) is 28.6 Å². The summed E-state index contributed by atoms with van der Waals surface area (Å²) in [6.07, 6.45) is 2.77. The molecule has 0 fully saturated rings. The smallest absolute Gasteiger partial charge is 0.243 e. The van der Waals surface area contributed by atoms with Gasteiger partial charge in [-0.25, -0.2) is 18.4 Å². The van der Waals surface area contributed by atoms with Crippen LogP contribution in [-0.4, -0.2) is 84.1 Å². The van der Waals surface area contributed by atoms with E-state index in [2.05, 4.69) is 36.6 Å². The number of para-hydroxylation sites is 1. The first-order valence-corrected chi connectivity index (χ1v) is 14.6. The van der Waals surface area contributed by atoms with E-state index >= 15 is 0 Å². The molecule has 0 spiro atoms. The molecule has 13 nitrogen and oxygen atoms in total. The molecule has 0 aliphatic heterocycles. The molecule has 0 radical (unpaired) electrons. The van der Waals surface area contributed by atoms with Crippen molar-refractivity contribution in [3.05, 3.63) is 54.0 Å². The SMILES string of the molecule is C=N/C(=N\C=C(C)C)[C@@H](OC[C@@H](C)O)[C@H](C)S(=O)(=O)Nc1nnc(-c2cncc(C)c2)n1-c1c(OC)cccc1OC. The standard InChI is InChI=1S/C28H37N7O6S/c1-17(2)13-31-26(29-6)25(41-16-19(4)36)20(5)42(37,38)34-28-33-32-27(21-12-18(3)14-30-15-21)35(28)24-22(39-7)10-9-11-23(24)40-8/h9-15,19-20,25,36H,6,16H2,1-5,7-8H3,(H,33,34)/b31-26-/t19-,20+,25+/m1/s1. The first-order valence-electron chi connectivity index (χ1n) is 13.0. The number of hydrogen-bond acceptors (Lipinski definition) is 10. The maximum atomic E-state index is 13.9. The molecule has 3 rings (SSSR count). The second-order valence-corrected chi connectivity index (χ2v) is 11.8. The fraction of sp³-hybridized carbons (Fsp3) is 0.393. The number of rotatable bonds is 13. The van der Waals surface area contributed by atoms with Gasteiger partial charge in [-0.15, -0.1) is 10.2 Å². The Balaban J connectivity index is 2.19. The van der Waals surface area contributed by atoms with Crippen molar-refractivity contribution < 1.29 is 27.7 Å². The van der Waals surface area contributed by atoms with Crippen LogP contribution >= 0.6 is 0 Å². The Labute approximate surface area is 246 Å². The van der Waals surface area contributed by atoms with Crippen molar-refractivity contribution in [1.82, 2.24) is 19.7 Å². The number of sulfonamides is 1. The molecular formula is C28H37N7O6S. The van der Waals surface area contributed by atoms with Crippen LogP contribution in [0, 0.1) is 6.92 Å². The fourth-order valence-corrected chi connectivity index (χ4v) is 5.02. The van der Waals surface area contributed by atoms with Crippen molar-refractivity contribution in [2.45, 2.75) is 52.1 Å². The average Bonchev–Trinajstić information content (AvgIpc) is 3.35. The highest BCUT2D eigenvalue weighted by molar-refractivity contribution is 7.93. The average molecular weight is 600 g/mol. The number of ether oxygens (including phenoxy) is 3. The minimum Gasteiger partial charge on any atom is -0.494 e. The maximum absolute atomic E-state index is 13.9. The van der Waals surface area contributed by atoms with Crippen molar-refractivity contribution in [3.63, 3.8) is 0 Å². The second-order valence-electron chi connectivity index (χ2n) is 9.75. The monoisotopic (exact) mass is 599 g/mol. The molecule has 0 aliphatic carbocycles. The van der Waals surface area contributed by atoms with Gasteiger partial charge in [0.1, 0.15) is 28.5 Å². The van der Waals surface area contributed by atoms with Gasteiger partial charge in [0.2, 0.25) is 16.0 Å². The van der Waals surface area contributed by atoms with Gasteiger partial charge in [0.15, 0.2) is 11.7 Å². The van der Waals surface area contributed by atoms with Gasteiger partial charge in [-0.1, -0.05) is 11.6 Å². The Morgan fingerprint density at radius 1 is 1.17 bits per heavy atom. The molecule has 3 aromatic rings. The quantitative estimate of drug-likeness (QED) is 0.221. The fourth-order valence-electron chi connectivity index (χ4n) is 3.92. The molecule has 1 aromatic carbocycles. The number of aromatic nitrogens is 4. The number of amidine groups is 1. The molecule has 2 heterocycles. The lowest BCUT2D eigenvalue weighted by Crippen LogP contribution is -2.43. The van der Waals surface area contributed by atoms with Crippen LogP contribution in [0.25, 0.3) is 17.1 Å². The largest absolute Gasteiger partial charge is 0.494 e. The van der Waals surface area contributed by atoms with Crippen molar-refractivity contribution >= 4 is 28.5 Å². The Kier molecular flexibility index (Phi) is 10.9. The third kappa shape index (κ3) is 7.57. The summed E-state index contributed by atoms with van der Waals surface area (Å²) in [7, 11) is -1.29. The molecule has 0 unspecified atom stereocenters. The Bertz CT molecular complexity index is 1540. The number of anilines is 1. The zero-order valence-corrected chi connectivity index (χ0v) is 25.6. The molecule has 226 valence electrons. The third-order valence-corrected chi connectivity index (χ3v) is 7.65. The van der Waals surface area contributed by atoms with Gasteiger partial charge < -0.3 is 19.3 Å². The van der Waals surface area contributed by atoms with Crippen molar-refractivity contribution in [2.24, 2.45) is 9.98 Å². The number of pyridine rings is 1. The third-order valence-electron chi connectivity index (χ3n) is 5.96. The molecular weight excluding hydrogens is 562 g/mol. The van der Waals surface area contributed by atoms with Crippen LogP contribution in [0.3, 0.4) is 0 Å². The number of benzene rings is 1. The van der Waals surface area contributed by atoms with Gasteiger partial charge in [0, 0.05) is 24.2 Å². The number of nitrogens with zero attached hydrogens (tertiary/aromatic N) is 6. The Morgan fingerprint density at radius 2 is 1.83 bits per heavy atom. The minimum atomic E-state index is -4.27. The highest BCUT2D eigenvalue weighted by Crippen LogP contribution is 2.38. The Morgan fingerprint density at radius 3 is 2.38 bits per heavy atom. The number of nitrogens with one attached hydrogen (secondary N) is 1. The molecule has 0 bridgehead atoms. The summed E-state index contributed by atoms with van der Waals surface area (Å²) in [4.78, 5) is 12.5. The van der Waals surface area contributed by atoms with E-state index in [-0.39, 0.29) is 18.4 Å². The minimum absolute atomic E-state index is 0.0362. The zero-order valence-electron chi connectivity index (χ0n) is 24.8. The molecule has 0 amide bonds. The molecule has 42 heavy (non-hydrogen) atoms. The van der Waals surface area contributed by atoms with Crippen LogP contribution in [0.1, 0.15) is 33.3 Å². The van der Waals surface area contributed by atoms with E-state index in [1.54, 1.807) is 30.6 Å². The molecule has 2 N–H and O–H groups in total. The lowest BCUT2D eigenvalue weighted by Gasteiger charge is -2.25. The van der Waals surface area contributed by atoms with Crippen molar-refractivity contribution in [2.75, 3.05) is 25.5 Å². The lowest BCUT2D eigenvalue weighted by molar-refractivity contribution is 0.0248. The highest BCUT2D eigenvalue weighted by Gasteiger charge is 2.36. The van der Waals surface area contributed by atoms with E-state index in [9.17, 15) is 13.5 Å². The van der Waals surface area contributed by atoms with Crippen LogP contribution in [0.2, 0.25) is 0 Å². The second kappa shape index (κ2) is 14.2. The van der Waals surface area contributed by atoms with E-state index in [0.717, 1.165) is 11.1 Å². The molecule has 3 atom stereocenters. The van der Waals surface area contributed by atoms with Crippen LogP contribution in [0.15, 0.2) is 58.4 Å². The summed E-state index contributed by atoms with van der Waals surface area (Å²) < 4.78 is 48.9. The maximum Gasteiger partial charge on any atom is 0.243 e. The van der Waals surface area contributed by atoms with E-state index in [1.165, 1.54) is 38.8 Å². The predicted molar refractivity (Wildman–Crippen MR) is 162 cm³/mol. The Hall–Kier alpha value is -4.14. The van der Waals surface area contributed by atoms with Gasteiger partial charge in [-0.2, -0.15) is 0 Å². The van der Waals surface area contributed by atoms with Crippen LogP contribution < -0.4 is 14.2 Å². The number of hydrogen-bond donors (Lipinski definition) is 2. The van der Waals surface area contributed by atoms with E-state index in [4.69, 9.17) is 14.2 Å². The van der Waals surface area contributed by atoms with Gasteiger partial charge in [-0.05, 0) is 65.1 Å². The first kappa shape index (κ1) is 32.4. The van der Waals surface area contributed by atoms with Crippen molar-refractivity contribution in [1.29, 1.82) is 0 Å². The summed E-state index contributed by atoms with van der Waals surface area (Å²) in [6, 6.07) is 7.00. The number of aliphatic hydroxyl groups is 1. The summed E-state index contributed by atoms with van der Waals surface area (Å²) in [5.41, 5.74) is 2.67.